The van der Waals surface area contributed by atoms with Crippen molar-refractivity contribution in [1.29, 1.82) is 0 Å². The van der Waals surface area contributed by atoms with Gasteiger partial charge in [-0.2, -0.15) is 8.42 Å². The highest BCUT2D eigenvalue weighted by Gasteiger charge is 2.38. The molecule has 2 aliphatic rings. The number of nitrogens with zero attached hydrogens (tertiary/aromatic N) is 3. The molecule has 2 amide bonds. The maximum atomic E-state index is 13.2. The minimum absolute atomic E-state index is 0.0482. The Kier molecular flexibility index (Phi) is 9.95. The van der Waals surface area contributed by atoms with Crippen LogP contribution in [0.15, 0.2) is 72.2 Å². The zero-order valence-corrected chi connectivity index (χ0v) is 24.9. The molecule has 0 radical (unpaired) electrons. The normalized spacial score (nSPS) is 16.9. The average molecular weight is 598 g/mol. The quantitative estimate of drug-likeness (QED) is 0.154. The third-order valence-electron chi connectivity index (χ3n) is 6.90. The molecule has 1 N–H and O–H groups in total. The van der Waals surface area contributed by atoms with Gasteiger partial charge >= 0.3 is 0 Å². The van der Waals surface area contributed by atoms with Crippen LogP contribution in [-0.2, 0) is 19.7 Å². The number of allylic oxidation sites excluding steroid dienone is 4. The van der Waals surface area contributed by atoms with E-state index in [9.17, 15) is 22.6 Å². The van der Waals surface area contributed by atoms with Crippen LogP contribution < -0.4 is 9.64 Å². The Morgan fingerprint density at radius 2 is 1.46 bits per heavy atom. The minimum atomic E-state index is -4.10. The fourth-order valence-electron chi connectivity index (χ4n) is 4.75. The summed E-state index contributed by atoms with van der Waals surface area (Å²) in [5.74, 6) is -0.0746. The number of ether oxygens (including phenoxy) is 1. The summed E-state index contributed by atoms with van der Waals surface area (Å²) in [4.78, 5) is 31.3. The van der Waals surface area contributed by atoms with Crippen molar-refractivity contribution in [3.05, 3.63) is 72.2 Å². The molecule has 2 aromatic rings. The van der Waals surface area contributed by atoms with E-state index >= 15 is 0 Å². The van der Waals surface area contributed by atoms with Gasteiger partial charge in [0, 0.05) is 25.0 Å². The molecule has 2 aliphatic heterocycles. The number of amides is 2. The van der Waals surface area contributed by atoms with E-state index in [2.05, 4.69) is 0 Å². The average Bonchev–Trinajstić information content (AvgIpc) is 3.29. The van der Waals surface area contributed by atoms with Crippen molar-refractivity contribution in [3.8, 4) is 5.75 Å². The standard InChI is InChI=1S/C30H35N3O6S2/c1-3-5-18-32-28(34)24(29(35)33(30(32)40)19-6-4-2)14-9-10-15-26-31(20-11-21-41(36,37)38)25-17-16-22-12-7-8-13-23(22)27(25)39-26/h7-10,12-17H,3-6,11,18-21H2,1-2H3,(H,36,37,38)/b10-9+,26-15-. The Morgan fingerprint density at radius 1 is 0.854 bits per heavy atom. The number of carbonyl (C=O) groups is 2. The molecule has 218 valence electrons. The van der Waals surface area contributed by atoms with Gasteiger partial charge in [0.05, 0.1) is 11.4 Å². The van der Waals surface area contributed by atoms with Crippen LogP contribution in [0.25, 0.3) is 10.8 Å². The SMILES string of the molecule is CCCCN1C(=O)C(=C/C=C/C=C2\Oc3c(ccc4ccccc34)N2CCCS(=O)(=O)O)C(=O)N(CCCC)C1=S. The van der Waals surface area contributed by atoms with E-state index in [-0.39, 0.29) is 22.9 Å². The van der Waals surface area contributed by atoms with Crippen LogP contribution in [0.3, 0.4) is 0 Å². The molecule has 0 atom stereocenters. The van der Waals surface area contributed by atoms with Crippen molar-refractivity contribution in [2.24, 2.45) is 0 Å². The zero-order chi connectivity index (χ0) is 29.6. The van der Waals surface area contributed by atoms with Crippen LogP contribution in [0.1, 0.15) is 46.0 Å². The highest BCUT2D eigenvalue weighted by atomic mass is 32.2. The minimum Gasteiger partial charge on any atom is -0.438 e. The van der Waals surface area contributed by atoms with Gasteiger partial charge in [0.1, 0.15) is 5.57 Å². The lowest BCUT2D eigenvalue weighted by molar-refractivity contribution is -0.133. The summed E-state index contributed by atoms with van der Waals surface area (Å²) in [7, 11) is -4.10. The fourth-order valence-corrected chi connectivity index (χ4v) is 5.59. The van der Waals surface area contributed by atoms with Crippen LogP contribution >= 0.6 is 12.2 Å². The second kappa shape index (κ2) is 13.4. The van der Waals surface area contributed by atoms with Crippen LogP contribution in [-0.4, -0.2) is 65.1 Å². The number of fused-ring (bicyclic) bond motifs is 3. The largest absolute Gasteiger partial charge is 0.438 e. The van der Waals surface area contributed by atoms with Gasteiger partial charge in [0.15, 0.2) is 10.9 Å². The lowest BCUT2D eigenvalue weighted by Crippen LogP contribution is -2.56. The maximum Gasteiger partial charge on any atom is 0.265 e. The van der Waals surface area contributed by atoms with Gasteiger partial charge in [-0.25, -0.2) is 0 Å². The van der Waals surface area contributed by atoms with E-state index in [4.69, 9.17) is 17.0 Å². The smallest absolute Gasteiger partial charge is 0.265 e. The summed E-state index contributed by atoms with van der Waals surface area (Å²) in [5, 5.41) is 2.17. The van der Waals surface area contributed by atoms with Crippen molar-refractivity contribution in [1.82, 2.24) is 9.80 Å². The summed E-state index contributed by atoms with van der Waals surface area (Å²) in [6.45, 7) is 5.26. The molecule has 0 aliphatic carbocycles. The van der Waals surface area contributed by atoms with Gasteiger partial charge in [0.2, 0.25) is 5.88 Å². The van der Waals surface area contributed by atoms with Gasteiger partial charge in [0.25, 0.3) is 21.9 Å². The highest BCUT2D eigenvalue weighted by Crippen LogP contribution is 2.44. The molecule has 0 aromatic heterocycles. The predicted molar refractivity (Wildman–Crippen MR) is 164 cm³/mol. The Balaban J connectivity index is 1.61. The van der Waals surface area contributed by atoms with Gasteiger partial charge in [-0.15, -0.1) is 0 Å². The Hall–Kier alpha value is -3.54. The first-order valence-corrected chi connectivity index (χ1v) is 15.9. The molecule has 9 nitrogen and oxygen atoms in total. The van der Waals surface area contributed by atoms with E-state index in [1.165, 1.54) is 15.9 Å². The van der Waals surface area contributed by atoms with Crippen LogP contribution in [0.4, 0.5) is 5.69 Å². The summed E-state index contributed by atoms with van der Waals surface area (Å²) in [6, 6.07) is 11.7. The number of carbonyl (C=O) groups excluding carboxylic acids is 2. The molecule has 0 saturated carbocycles. The monoisotopic (exact) mass is 597 g/mol. The van der Waals surface area contributed by atoms with Gasteiger partial charge < -0.3 is 9.64 Å². The van der Waals surface area contributed by atoms with Crippen molar-refractivity contribution in [2.75, 3.05) is 30.3 Å². The molecule has 1 fully saturated rings. The van der Waals surface area contributed by atoms with Crippen LogP contribution in [0.5, 0.6) is 5.75 Å². The fraction of sp³-hybridized carbons (Fsp3) is 0.367. The number of rotatable bonds is 12. The second-order valence-electron chi connectivity index (χ2n) is 9.90. The first-order valence-electron chi connectivity index (χ1n) is 13.8. The second-order valence-corrected chi connectivity index (χ2v) is 11.8. The van der Waals surface area contributed by atoms with E-state index in [0.717, 1.165) is 42.1 Å². The summed E-state index contributed by atoms with van der Waals surface area (Å²) >= 11 is 5.51. The molecule has 2 heterocycles. The lowest BCUT2D eigenvalue weighted by Gasteiger charge is -2.36. The van der Waals surface area contributed by atoms with Crippen molar-refractivity contribution in [3.63, 3.8) is 0 Å². The summed E-state index contributed by atoms with van der Waals surface area (Å²) < 4.78 is 38.0. The molecular formula is C30H35N3O6S2. The molecule has 2 aromatic carbocycles. The summed E-state index contributed by atoms with van der Waals surface area (Å²) in [5.41, 5.74) is 0.827. The van der Waals surface area contributed by atoms with E-state index in [0.29, 0.717) is 31.3 Å². The third-order valence-corrected chi connectivity index (χ3v) is 8.15. The topological polar surface area (TPSA) is 107 Å². The van der Waals surface area contributed by atoms with Gasteiger partial charge in [-0.3, -0.25) is 23.9 Å². The Bertz CT molecular complexity index is 1500. The number of anilines is 1. The maximum absolute atomic E-state index is 13.2. The Morgan fingerprint density at radius 3 is 2.10 bits per heavy atom. The number of thiocarbonyl (C=S) groups is 1. The molecular weight excluding hydrogens is 562 g/mol. The number of unbranched alkanes of at least 4 members (excludes halogenated alkanes) is 2. The Labute approximate surface area is 246 Å². The molecule has 4 rings (SSSR count). The summed E-state index contributed by atoms with van der Waals surface area (Å²) in [6.07, 6.45) is 10.0. The number of hydrogen-bond acceptors (Lipinski definition) is 7. The van der Waals surface area contributed by atoms with Crippen molar-refractivity contribution >= 4 is 55.7 Å². The molecule has 41 heavy (non-hydrogen) atoms. The van der Waals surface area contributed by atoms with Crippen LogP contribution in [0.2, 0.25) is 0 Å². The molecule has 11 heteroatoms. The van der Waals surface area contributed by atoms with Crippen LogP contribution in [0, 0.1) is 0 Å². The number of benzene rings is 2. The van der Waals surface area contributed by atoms with Gasteiger partial charge in [-0.1, -0.05) is 69.2 Å². The number of hydrogen-bond donors (Lipinski definition) is 1. The van der Waals surface area contributed by atoms with E-state index in [1.807, 2.05) is 55.1 Å². The lowest BCUT2D eigenvalue weighted by atomic mass is 10.1. The highest BCUT2D eigenvalue weighted by molar-refractivity contribution is 7.85. The van der Waals surface area contributed by atoms with E-state index < -0.39 is 21.9 Å². The van der Waals surface area contributed by atoms with E-state index in [1.54, 1.807) is 18.2 Å². The first kappa shape index (κ1) is 30.4. The first-order chi connectivity index (χ1) is 19.7. The zero-order valence-electron chi connectivity index (χ0n) is 23.3. The van der Waals surface area contributed by atoms with Crippen molar-refractivity contribution in [2.45, 2.75) is 46.0 Å². The van der Waals surface area contributed by atoms with Gasteiger partial charge in [-0.05, 0) is 55.1 Å². The molecule has 1 saturated heterocycles. The third kappa shape index (κ3) is 7.03. The molecule has 0 spiro atoms. The predicted octanol–water partition coefficient (Wildman–Crippen LogP) is 5.20. The molecule has 0 bridgehead atoms. The molecule has 0 unspecified atom stereocenters. The van der Waals surface area contributed by atoms with Crippen molar-refractivity contribution < 1.29 is 27.3 Å².